The monoisotopic (exact) mass is 326 g/mol. The fourth-order valence-corrected chi connectivity index (χ4v) is 3.75. The Morgan fingerprint density at radius 2 is 1.48 bits per heavy atom. The maximum atomic E-state index is 12.4. The molecule has 0 aromatic heterocycles. The summed E-state index contributed by atoms with van der Waals surface area (Å²) in [6.45, 7) is 0.386. The van der Waals surface area contributed by atoms with Gasteiger partial charge < -0.3 is 4.74 Å². The molecule has 0 saturated heterocycles. The molecular weight excluding hydrogens is 308 g/mol. The number of rotatable bonds is 6. The lowest BCUT2D eigenvalue weighted by molar-refractivity contribution is 0.317. The van der Waals surface area contributed by atoms with E-state index in [4.69, 9.17) is 4.74 Å². The second kappa shape index (κ2) is 6.84. The normalized spacial score (nSPS) is 11.5. The highest BCUT2D eigenvalue weighted by Gasteiger charge is 2.14. The number of sulfone groups is 1. The van der Waals surface area contributed by atoms with Gasteiger partial charge in [0.1, 0.15) is 5.75 Å². The number of hydrogen-bond acceptors (Lipinski definition) is 3. The lowest BCUT2D eigenvalue weighted by atomic mass is 10.1. The molecule has 0 spiro atoms. The predicted octanol–water partition coefficient (Wildman–Crippen LogP) is 4.08. The quantitative estimate of drug-likeness (QED) is 0.641. The smallest absolute Gasteiger partial charge is 0.178 e. The minimum atomic E-state index is -3.29. The molecule has 0 amide bonds. The number of ether oxygens (including phenoxy) is 1. The first-order chi connectivity index (χ1) is 11.1. The topological polar surface area (TPSA) is 43.4 Å². The first-order valence-corrected chi connectivity index (χ1v) is 9.20. The summed E-state index contributed by atoms with van der Waals surface area (Å²) < 4.78 is 30.4. The Morgan fingerprint density at radius 3 is 2.26 bits per heavy atom. The van der Waals surface area contributed by atoms with Gasteiger partial charge in [0, 0.05) is 0 Å². The van der Waals surface area contributed by atoms with E-state index in [1.165, 1.54) is 0 Å². The maximum absolute atomic E-state index is 12.4. The second-order valence-corrected chi connectivity index (χ2v) is 7.45. The lowest BCUT2D eigenvalue weighted by Crippen LogP contribution is -2.10. The van der Waals surface area contributed by atoms with Crippen molar-refractivity contribution in [1.82, 2.24) is 0 Å². The van der Waals surface area contributed by atoms with Crippen LogP contribution in [0.4, 0.5) is 0 Å². The fourth-order valence-electron chi connectivity index (χ4n) is 2.43. The zero-order valence-corrected chi connectivity index (χ0v) is 13.5. The highest BCUT2D eigenvalue weighted by atomic mass is 32.2. The van der Waals surface area contributed by atoms with Gasteiger partial charge in [-0.25, -0.2) is 8.42 Å². The van der Waals surface area contributed by atoms with Crippen molar-refractivity contribution in [1.29, 1.82) is 0 Å². The molecule has 3 rings (SSSR count). The van der Waals surface area contributed by atoms with Crippen molar-refractivity contribution in [2.75, 3.05) is 12.4 Å². The molecule has 0 N–H and O–H groups in total. The Labute approximate surface area is 136 Å². The van der Waals surface area contributed by atoms with Crippen LogP contribution in [0.3, 0.4) is 0 Å². The van der Waals surface area contributed by atoms with Crippen LogP contribution in [0.15, 0.2) is 77.7 Å². The van der Waals surface area contributed by atoms with E-state index in [9.17, 15) is 8.42 Å². The maximum Gasteiger partial charge on any atom is 0.178 e. The highest BCUT2D eigenvalue weighted by Crippen LogP contribution is 2.20. The predicted molar refractivity (Wildman–Crippen MR) is 92.6 cm³/mol. The van der Waals surface area contributed by atoms with Crippen molar-refractivity contribution in [3.8, 4) is 5.75 Å². The summed E-state index contributed by atoms with van der Waals surface area (Å²) in [5.74, 6) is 0.841. The molecule has 0 unspecified atom stereocenters. The van der Waals surface area contributed by atoms with E-state index >= 15 is 0 Å². The second-order valence-electron chi connectivity index (χ2n) is 5.34. The van der Waals surface area contributed by atoms with Crippen LogP contribution in [0.2, 0.25) is 0 Å². The van der Waals surface area contributed by atoms with Crippen LogP contribution in [0, 0.1) is 0 Å². The molecule has 0 aliphatic carbocycles. The number of benzene rings is 3. The van der Waals surface area contributed by atoms with E-state index in [0.29, 0.717) is 17.9 Å². The van der Waals surface area contributed by atoms with Crippen LogP contribution in [0.1, 0.15) is 6.42 Å². The summed E-state index contributed by atoms with van der Waals surface area (Å²) in [5, 5.41) is 1.98. The summed E-state index contributed by atoms with van der Waals surface area (Å²) in [4.78, 5) is 0.371. The van der Waals surface area contributed by atoms with Gasteiger partial charge >= 0.3 is 0 Å². The Bertz CT molecular complexity index is 887. The molecule has 0 aliphatic heterocycles. The third-order valence-electron chi connectivity index (χ3n) is 3.65. The van der Waals surface area contributed by atoms with E-state index in [1.807, 2.05) is 60.7 Å². The van der Waals surface area contributed by atoms with E-state index < -0.39 is 9.84 Å². The summed E-state index contributed by atoms with van der Waals surface area (Å²) in [6.07, 6.45) is 0.462. The lowest BCUT2D eigenvalue weighted by Gasteiger charge is -2.08. The van der Waals surface area contributed by atoms with Gasteiger partial charge in [0.15, 0.2) is 9.84 Å². The highest BCUT2D eigenvalue weighted by molar-refractivity contribution is 7.91. The minimum Gasteiger partial charge on any atom is -0.494 e. The summed E-state index contributed by atoms with van der Waals surface area (Å²) in [6, 6.07) is 22.4. The van der Waals surface area contributed by atoms with Crippen molar-refractivity contribution in [2.45, 2.75) is 11.3 Å². The van der Waals surface area contributed by atoms with Crippen molar-refractivity contribution < 1.29 is 13.2 Å². The zero-order chi connectivity index (χ0) is 16.1. The van der Waals surface area contributed by atoms with Crippen LogP contribution in [-0.2, 0) is 9.84 Å². The van der Waals surface area contributed by atoms with Crippen molar-refractivity contribution in [3.63, 3.8) is 0 Å². The third kappa shape index (κ3) is 3.90. The minimum absolute atomic E-state index is 0.0815. The van der Waals surface area contributed by atoms with Crippen molar-refractivity contribution >= 4 is 20.6 Å². The van der Waals surface area contributed by atoms with Gasteiger partial charge in [-0.2, -0.15) is 0 Å². The van der Waals surface area contributed by atoms with Gasteiger partial charge in [-0.05, 0) is 41.5 Å². The first-order valence-electron chi connectivity index (χ1n) is 7.54. The molecule has 0 heterocycles. The molecule has 0 atom stereocenters. The molecule has 3 aromatic carbocycles. The zero-order valence-electron chi connectivity index (χ0n) is 12.7. The van der Waals surface area contributed by atoms with E-state index in [1.54, 1.807) is 12.1 Å². The Morgan fingerprint density at radius 1 is 0.783 bits per heavy atom. The Hall–Kier alpha value is -2.33. The Kier molecular flexibility index (Phi) is 4.63. The molecule has 0 saturated carbocycles. The van der Waals surface area contributed by atoms with Gasteiger partial charge in [-0.3, -0.25) is 0 Å². The Balaban J connectivity index is 1.63. The standard InChI is InChI=1S/C19H18O3S/c20-23(21,14-6-13-22-18-9-2-1-3-10-18)19-12-11-16-7-4-5-8-17(16)15-19/h1-5,7-12,15H,6,13-14H2. The van der Waals surface area contributed by atoms with E-state index in [-0.39, 0.29) is 5.75 Å². The average Bonchev–Trinajstić information content (AvgIpc) is 2.59. The van der Waals surface area contributed by atoms with Gasteiger partial charge in [0.25, 0.3) is 0 Å². The summed E-state index contributed by atoms with van der Waals surface area (Å²) in [5.41, 5.74) is 0. The van der Waals surface area contributed by atoms with E-state index in [0.717, 1.165) is 16.5 Å². The number of hydrogen-bond donors (Lipinski definition) is 0. The summed E-state index contributed by atoms with van der Waals surface area (Å²) in [7, 11) is -3.29. The van der Waals surface area contributed by atoms with Crippen LogP contribution in [0.5, 0.6) is 5.75 Å². The SMILES string of the molecule is O=S(=O)(CCCOc1ccccc1)c1ccc2ccccc2c1. The van der Waals surface area contributed by atoms with Gasteiger partial charge in [0.05, 0.1) is 17.3 Å². The molecular formula is C19H18O3S. The first kappa shape index (κ1) is 15.6. The van der Waals surface area contributed by atoms with Gasteiger partial charge in [-0.1, -0.05) is 48.5 Å². The average molecular weight is 326 g/mol. The van der Waals surface area contributed by atoms with Gasteiger partial charge in [-0.15, -0.1) is 0 Å². The molecule has 118 valence electrons. The van der Waals surface area contributed by atoms with E-state index in [2.05, 4.69) is 0 Å². The molecule has 23 heavy (non-hydrogen) atoms. The molecule has 0 bridgehead atoms. The fraction of sp³-hybridized carbons (Fsp3) is 0.158. The molecule has 0 radical (unpaired) electrons. The molecule has 0 fully saturated rings. The molecule has 3 nitrogen and oxygen atoms in total. The summed E-state index contributed by atoms with van der Waals surface area (Å²) >= 11 is 0. The largest absolute Gasteiger partial charge is 0.494 e. The van der Waals surface area contributed by atoms with Crippen molar-refractivity contribution in [3.05, 3.63) is 72.8 Å². The number of fused-ring (bicyclic) bond motifs is 1. The van der Waals surface area contributed by atoms with Crippen LogP contribution >= 0.6 is 0 Å². The van der Waals surface area contributed by atoms with Crippen LogP contribution < -0.4 is 4.74 Å². The number of para-hydroxylation sites is 1. The molecule has 4 heteroatoms. The van der Waals surface area contributed by atoms with Crippen molar-refractivity contribution in [2.24, 2.45) is 0 Å². The van der Waals surface area contributed by atoms with Crippen LogP contribution in [-0.4, -0.2) is 20.8 Å². The van der Waals surface area contributed by atoms with Crippen LogP contribution in [0.25, 0.3) is 10.8 Å². The molecule has 3 aromatic rings. The van der Waals surface area contributed by atoms with Gasteiger partial charge in [0.2, 0.25) is 0 Å². The molecule has 0 aliphatic rings. The third-order valence-corrected chi connectivity index (χ3v) is 5.45.